The number of amides is 1. The van der Waals surface area contributed by atoms with Crippen LogP contribution in [0.1, 0.15) is 42.0 Å². The van der Waals surface area contributed by atoms with E-state index in [2.05, 4.69) is 47.4 Å². The summed E-state index contributed by atoms with van der Waals surface area (Å²) in [5.74, 6) is 1.56. The van der Waals surface area contributed by atoms with Crippen LogP contribution in [-0.4, -0.2) is 24.7 Å². The van der Waals surface area contributed by atoms with Gasteiger partial charge in [0.1, 0.15) is 0 Å². The lowest BCUT2D eigenvalue weighted by molar-refractivity contribution is -0.121. The van der Waals surface area contributed by atoms with E-state index in [1.807, 2.05) is 12.1 Å². The minimum Gasteiger partial charge on any atom is -0.493 e. The lowest BCUT2D eigenvalue weighted by atomic mass is 10.1. The highest BCUT2D eigenvalue weighted by Gasteiger charge is 2.26. The van der Waals surface area contributed by atoms with Crippen LogP contribution >= 0.6 is 0 Å². The predicted molar refractivity (Wildman–Crippen MR) is 115 cm³/mol. The quantitative estimate of drug-likeness (QED) is 0.651. The Labute approximate surface area is 171 Å². The number of carbonyl (C=O) groups is 1. The molecular weight excluding hydrogens is 364 g/mol. The average molecular weight is 392 g/mol. The highest BCUT2D eigenvalue weighted by Crippen LogP contribution is 2.39. The summed E-state index contributed by atoms with van der Waals surface area (Å²) in [4.78, 5) is 12.6. The molecule has 5 nitrogen and oxygen atoms in total. The molecular formula is C24H28N2O3. The molecule has 3 aromatic rings. The lowest BCUT2D eigenvalue weighted by Crippen LogP contribution is -2.26. The number of hydrogen-bond acceptors (Lipinski definition) is 3. The molecule has 0 radical (unpaired) electrons. The Bertz CT molecular complexity index is 1040. The number of hydrogen-bond donors (Lipinski definition) is 1. The van der Waals surface area contributed by atoms with Crippen molar-refractivity contribution in [1.82, 2.24) is 9.88 Å². The van der Waals surface area contributed by atoms with Crippen molar-refractivity contribution in [2.75, 3.05) is 14.2 Å². The van der Waals surface area contributed by atoms with Gasteiger partial charge in [0.05, 0.1) is 20.3 Å². The van der Waals surface area contributed by atoms with Gasteiger partial charge in [-0.25, -0.2) is 0 Å². The van der Waals surface area contributed by atoms with E-state index >= 15 is 0 Å². The number of ether oxygens (including phenoxy) is 2. The van der Waals surface area contributed by atoms with Crippen molar-refractivity contribution < 1.29 is 14.3 Å². The van der Waals surface area contributed by atoms with Gasteiger partial charge in [-0.05, 0) is 60.6 Å². The van der Waals surface area contributed by atoms with Crippen LogP contribution in [0.5, 0.6) is 11.5 Å². The molecule has 4 rings (SSSR count). The molecule has 0 saturated heterocycles. The van der Waals surface area contributed by atoms with Gasteiger partial charge in [0.2, 0.25) is 5.91 Å². The number of methoxy groups -OCH3 is 2. The standard InChI is InChI=1S/C24H28N2O3/c1-26-15-17(18-8-4-5-9-21(18)26)7-6-10-24(27)25-20-12-11-16-13-22(28-2)23(29-3)14-19(16)20/h4-5,8-9,13-15,20H,6-7,10-12H2,1-3H3,(H,25,27). The SMILES string of the molecule is COc1cc2c(cc1OC)C(NC(=O)CCCc1cn(C)c3ccccc13)CC2. The summed E-state index contributed by atoms with van der Waals surface area (Å²) in [6.07, 6.45) is 6.31. The lowest BCUT2D eigenvalue weighted by Gasteiger charge is -2.16. The minimum absolute atomic E-state index is 0.0508. The first kappa shape index (κ1) is 19.4. The maximum Gasteiger partial charge on any atom is 0.220 e. The molecule has 1 N–H and O–H groups in total. The number of benzene rings is 2. The Morgan fingerprint density at radius 3 is 2.72 bits per heavy atom. The number of carbonyl (C=O) groups excluding carboxylic acids is 1. The van der Waals surface area contributed by atoms with Crippen LogP contribution < -0.4 is 14.8 Å². The summed E-state index contributed by atoms with van der Waals surface area (Å²) in [6, 6.07) is 12.5. The largest absolute Gasteiger partial charge is 0.493 e. The monoisotopic (exact) mass is 392 g/mol. The fraction of sp³-hybridized carbons (Fsp3) is 0.375. The number of aryl methyl sites for hydroxylation is 3. The molecule has 1 aliphatic rings. The second kappa shape index (κ2) is 8.19. The fourth-order valence-corrected chi connectivity index (χ4v) is 4.41. The van der Waals surface area contributed by atoms with Gasteiger partial charge in [0.25, 0.3) is 0 Å². The third kappa shape index (κ3) is 3.82. The second-order valence-corrected chi connectivity index (χ2v) is 7.70. The molecule has 0 aliphatic heterocycles. The number of nitrogens with one attached hydrogen (secondary N) is 1. The van der Waals surface area contributed by atoms with Gasteiger partial charge >= 0.3 is 0 Å². The van der Waals surface area contributed by atoms with Gasteiger partial charge in [-0.1, -0.05) is 18.2 Å². The van der Waals surface area contributed by atoms with Gasteiger partial charge < -0.3 is 19.4 Å². The van der Waals surface area contributed by atoms with Crippen molar-refractivity contribution in [3.05, 3.63) is 59.3 Å². The highest BCUT2D eigenvalue weighted by molar-refractivity contribution is 5.84. The summed E-state index contributed by atoms with van der Waals surface area (Å²) in [6.45, 7) is 0. The number of para-hydroxylation sites is 1. The predicted octanol–water partition coefficient (Wildman–Crippen LogP) is 4.32. The maximum absolute atomic E-state index is 12.6. The first-order valence-electron chi connectivity index (χ1n) is 10.2. The Hall–Kier alpha value is -2.95. The smallest absolute Gasteiger partial charge is 0.220 e. The fourth-order valence-electron chi connectivity index (χ4n) is 4.41. The molecule has 0 saturated carbocycles. The van der Waals surface area contributed by atoms with Crippen molar-refractivity contribution >= 4 is 16.8 Å². The zero-order valence-electron chi connectivity index (χ0n) is 17.3. The maximum atomic E-state index is 12.6. The molecule has 1 atom stereocenters. The summed E-state index contributed by atoms with van der Waals surface area (Å²) < 4.78 is 13.0. The molecule has 1 aromatic heterocycles. The zero-order valence-corrected chi connectivity index (χ0v) is 17.3. The van der Waals surface area contributed by atoms with Crippen molar-refractivity contribution in [1.29, 1.82) is 0 Å². The molecule has 1 amide bonds. The van der Waals surface area contributed by atoms with Gasteiger partial charge in [-0.2, -0.15) is 0 Å². The van der Waals surface area contributed by atoms with Crippen molar-refractivity contribution in [2.45, 2.75) is 38.1 Å². The Morgan fingerprint density at radius 1 is 1.17 bits per heavy atom. The molecule has 2 aromatic carbocycles. The molecule has 0 spiro atoms. The van der Waals surface area contributed by atoms with E-state index in [1.54, 1.807) is 14.2 Å². The third-order valence-electron chi connectivity index (χ3n) is 5.89. The van der Waals surface area contributed by atoms with Crippen molar-refractivity contribution in [3.63, 3.8) is 0 Å². The van der Waals surface area contributed by atoms with E-state index < -0.39 is 0 Å². The number of nitrogens with zero attached hydrogens (tertiary/aromatic N) is 1. The van der Waals surface area contributed by atoms with Crippen LogP contribution in [0.15, 0.2) is 42.6 Å². The normalized spacial score (nSPS) is 15.3. The highest BCUT2D eigenvalue weighted by atomic mass is 16.5. The van der Waals surface area contributed by atoms with E-state index in [9.17, 15) is 4.79 Å². The van der Waals surface area contributed by atoms with Crippen LogP contribution in [0.2, 0.25) is 0 Å². The van der Waals surface area contributed by atoms with Gasteiger partial charge in [-0.15, -0.1) is 0 Å². The Morgan fingerprint density at radius 2 is 1.93 bits per heavy atom. The molecule has 29 heavy (non-hydrogen) atoms. The van der Waals surface area contributed by atoms with Crippen LogP contribution in [0.25, 0.3) is 10.9 Å². The third-order valence-corrected chi connectivity index (χ3v) is 5.89. The van der Waals surface area contributed by atoms with Crippen LogP contribution in [-0.2, 0) is 24.7 Å². The Balaban J connectivity index is 1.36. The summed E-state index contributed by atoms with van der Waals surface area (Å²) >= 11 is 0. The van der Waals surface area contributed by atoms with E-state index in [4.69, 9.17) is 9.47 Å². The van der Waals surface area contributed by atoms with Crippen LogP contribution in [0.3, 0.4) is 0 Å². The minimum atomic E-state index is 0.0508. The molecule has 5 heteroatoms. The van der Waals surface area contributed by atoms with Gasteiger partial charge in [-0.3, -0.25) is 4.79 Å². The Kier molecular flexibility index (Phi) is 5.47. The number of aromatic nitrogens is 1. The second-order valence-electron chi connectivity index (χ2n) is 7.70. The van der Waals surface area contributed by atoms with E-state index in [0.29, 0.717) is 12.2 Å². The average Bonchev–Trinajstić information content (AvgIpc) is 3.27. The molecule has 152 valence electrons. The number of rotatable bonds is 7. The first-order chi connectivity index (χ1) is 14.1. The summed E-state index contributed by atoms with van der Waals surface area (Å²) in [5.41, 5.74) is 4.91. The van der Waals surface area contributed by atoms with E-state index in [0.717, 1.165) is 37.0 Å². The molecule has 1 unspecified atom stereocenters. The van der Waals surface area contributed by atoms with Crippen LogP contribution in [0.4, 0.5) is 0 Å². The van der Waals surface area contributed by atoms with Gasteiger partial charge in [0.15, 0.2) is 11.5 Å². The van der Waals surface area contributed by atoms with Gasteiger partial charge in [0, 0.05) is 30.6 Å². The summed E-state index contributed by atoms with van der Waals surface area (Å²) in [7, 11) is 5.35. The van der Waals surface area contributed by atoms with E-state index in [-0.39, 0.29) is 11.9 Å². The molecule has 0 fully saturated rings. The van der Waals surface area contributed by atoms with Crippen molar-refractivity contribution in [3.8, 4) is 11.5 Å². The van der Waals surface area contributed by atoms with Crippen molar-refractivity contribution in [2.24, 2.45) is 7.05 Å². The molecule has 1 heterocycles. The topological polar surface area (TPSA) is 52.5 Å². The first-order valence-corrected chi connectivity index (χ1v) is 10.2. The zero-order chi connectivity index (χ0) is 20.4. The molecule has 0 bridgehead atoms. The van der Waals surface area contributed by atoms with E-state index in [1.165, 1.54) is 22.0 Å². The number of fused-ring (bicyclic) bond motifs is 2. The molecule has 1 aliphatic carbocycles. The van der Waals surface area contributed by atoms with Crippen LogP contribution in [0, 0.1) is 0 Å². The summed E-state index contributed by atoms with van der Waals surface area (Å²) in [5, 5.41) is 4.49.